The third-order valence-electron chi connectivity index (χ3n) is 5.05. The molecule has 7 heteroatoms. The van der Waals surface area contributed by atoms with Gasteiger partial charge in [-0.15, -0.1) is 11.3 Å². The Bertz CT molecular complexity index is 772. The highest BCUT2D eigenvalue weighted by Crippen LogP contribution is 2.30. The van der Waals surface area contributed by atoms with Gasteiger partial charge in [0, 0.05) is 32.3 Å². The van der Waals surface area contributed by atoms with Crippen LogP contribution in [-0.4, -0.2) is 53.1 Å². The second kappa shape index (κ2) is 7.61. The molecule has 0 saturated carbocycles. The number of pyridine rings is 1. The molecule has 138 valence electrons. The first-order valence-electron chi connectivity index (χ1n) is 9.34. The average molecular weight is 372 g/mol. The highest BCUT2D eigenvalue weighted by atomic mass is 32.1. The topological polar surface area (TPSA) is 58.6 Å². The van der Waals surface area contributed by atoms with E-state index in [1.807, 2.05) is 30.2 Å². The molecule has 0 bridgehead atoms. The van der Waals surface area contributed by atoms with E-state index >= 15 is 0 Å². The summed E-state index contributed by atoms with van der Waals surface area (Å²) in [5.41, 5.74) is 2.65. The number of ether oxygens (including phenoxy) is 1. The molecule has 1 amide bonds. The maximum Gasteiger partial charge on any atom is 0.265 e. The number of aromatic nitrogens is 2. The summed E-state index contributed by atoms with van der Waals surface area (Å²) in [5, 5.41) is 0. The van der Waals surface area contributed by atoms with Gasteiger partial charge in [-0.2, -0.15) is 0 Å². The summed E-state index contributed by atoms with van der Waals surface area (Å²) >= 11 is 1.43. The summed E-state index contributed by atoms with van der Waals surface area (Å²) in [4.78, 5) is 26.6. The number of likely N-dealkylation sites (tertiary alicyclic amines) is 1. The largest absolute Gasteiger partial charge is 0.485 e. The summed E-state index contributed by atoms with van der Waals surface area (Å²) in [5.74, 6) is 1.85. The molecule has 6 nitrogen and oxygen atoms in total. The third kappa shape index (κ3) is 3.40. The van der Waals surface area contributed by atoms with Crippen LogP contribution in [0.2, 0.25) is 0 Å². The molecule has 4 rings (SSSR count). The maximum atomic E-state index is 12.8. The van der Waals surface area contributed by atoms with Crippen LogP contribution in [0.25, 0.3) is 0 Å². The van der Waals surface area contributed by atoms with E-state index < -0.39 is 0 Å². The standard InChI is InChI=1S/C19H24N4O2S/c1-2-15-17(26-13-21-15)19(24)23-11-7-14(12-23)25-16-6-5-8-20-18(16)22-9-3-4-10-22/h5-6,8,13-14H,2-4,7,9-12H2,1H3/t14-/m1/s1. The summed E-state index contributed by atoms with van der Waals surface area (Å²) in [6.45, 7) is 5.45. The summed E-state index contributed by atoms with van der Waals surface area (Å²) < 4.78 is 6.26. The van der Waals surface area contributed by atoms with Crippen LogP contribution in [0.15, 0.2) is 23.8 Å². The number of amides is 1. The van der Waals surface area contributed by atoms with Crippen LogP contribution in [0.1, 0.15) is 41.6 Å². The molecular weight excluding hydrogens is 348 g/mol. The lowest BCUT2D eigenvalue weighted by Gasteiger charge is -2.22. The van der Waals surface area contributed by atoms with E-state index in [9.17, 15) is 4.79 Å². The first kappa shape index (κ1) is 17.3. The fourth-order valence-electron chi connectivity index (χ4n) is 3.67. The van der Waals surface area contributed by atoms with E-state index in [2.05, 4.69) is 14.9 Å². The second-order valence-electron chi connectivity index (χ2n) is 6.78. The van der Waals surface area contributed by atoms with Crippen molar-refractivity contribution in [3.05, 3.63) is 34.4 Å². The molecule has 2 fully saturated rings. The van der Waals surface area contributed by atoms with Gasteiger partial charge in [-0.25, -0.2) is 9.97 Å². The molecule has 26 heavy (non-hydrogen) atoms. The Balaban J connectivity index is 1.43. The molecule has 2 aromatic heterocycles. The third-order valence-corrected chi connectivity index (χ3v) is 5.91. The number of nitrogens with zero attached hydrogens (tertiary/aromatic N) is 4. The number of hydrogen-bond acceptors (Lipinski definition) is 6. The van der Waals surface area contributed by atoms with Crippen LogP contribution in [0.4, 0.5) is 5.82 Å². The van der Waals surface area contributed by atoms with Crippen molar-refractivity contribution in [1.82, 2.24) is 14.9 Å². The van der Waals surface area contributed by atoms with Crippen LogP contribution in [0.3, 0.4) is 0 Å². The Morgan fingerprint density at radius 3 is 2.96 bits per heavy atom. The normalized spacial score (nSPS) is 20.0. The van der Waals surface area contributed by atoms with Gasteiger partial charge in [0.25, 0.3) is 5.91 Å². The van der Waals surface area contributed by atoms with Crippen molar-refractivity contribution in [2.75, 3.05) is 31.1 Å². The van der Waals surface area contributed by atoms with E-state index in [1.165, 1.54) is 24.2 Å². The Labute approximate surface area is 157 Å². The van der Waals surface area contributed by atoms with Crippen LogP contribution < -0.4 is 9.64 Å². The van der Waals surface area contributed by atoms with E-state index in [0.717, 1.165) is 54.6 Å². The smallest absolute Gasteiger partial charge is 0.265 e. The molecule has 0 spiro atoms. The zero-order valence-corrected chi connectivity index (χ0v) is 15.9. The molecule has 1 atom stereocenters. The minimum atomic E-state index is 0.0162. The minimum Gasteiger partial charge on any atom is -0.485 e. The summed E-state index contributed by atoms with van der Waals surface area (Å²) in [6, 6.07) is 3.90. The van der Waals surface area contributed by atoms with Gasteiger partial charge in [-0.1, -0.05) is 6.92 Å². The minimum absolute atomic E-state index is 0.0162. The Morgan fingerprint density at radius 1 is 1.31 bits per heavy atom. The van der Waals surface area contributed by atoms with Gasteiger partial charge in [0.15, 0.2) is 11.6 Å². The average Bonchev–Trinajstić information content (AvgIpc) is 3.42. The first-order valence-corrected chi connectivity index (χ1v) is 10.2. The van der Waals surface area contributed by atoms with Gasteiger partial charge in [-0.05, 0) is 31.4 Å². The van der Waals surface area contributed by atoms with Crippen LogP contribution in [-0.2, 0) is 6.42 Å². The number of thiazole rings is 1. The Kier molecular flexibility index (Phi) is 5.06. The Morgan fingerprint density at radius 2 is 2.15 bits per heavy atom. The van der Waals surface area contributed by atoms with Crippen molar-refractivity contribution in [3.63, 3.8) is 0 Å². The molecule has 4 heterocycles. The molecule has 2 aliphatic heterocycles. The monoisotopic (exact) mass is 372 g/mol. The fourth-order valence-corrected chi connectivity index (χ4v) is 4.52. The van der Waals surface area contributed by atoms with Crippen LogP contribution in [0, 0.1) is 0 Å². The zero-order chi connectivity index (χ0) is 17.9. The van der Waals surface area contributed by atoms with Crippen molar-refractivity contribution >= 4 is 23.1 Å². The number of anilines is 1. The molecule has 2 aliphatic rings. The maximum absolute atomic E-state index is 12.8. The number of rotatable bonds is 5. The van der Waals surface area contributed by atoms with Crippen molar-refractivity contribution in [1.29, 1.82) is 0 Å². The second-order valence-corrected chi connectivity index (χ2v) is 7.64. The molecular formula is C19H24N4O2S. The first-order chi connectivity index (χ1) is 12.8. The number of carbonyl (C=O) groups excluding carboxylic acids is 1. The highest BCUT2D eigenvalue weighted by molar-refractivity contribution is 7.11. The van der Waals surface area contributed by atoms with Crippen molar-refractivity contribution in [3.8, 4) is 5.75 Å². The lowest BCUT2D eigenvalue weighted by molar-refractivity contribution is 0.0776. The van der Waals surface area contributed by atoms with Gasteiger partial charge in [0.1, 0.15) is 11.0 Å². The summed E-state index contributed by atoms with van der Waals surface area (Å²) in [6.07, 6.45) is 5.88. The highest BCUT2D eigenvalue weighted by Gasteiger charge is 2.31. The quantitative estimate of drug-likeness (QED) is 0.808. The molecule has 2 aromatic rings. The molecule has 0 radical (unpaired) electrons. The van der Waals surface area contributed by atoms with E-state index in [1.54, 1.807) is 5.51 Å². The molecule has 0 unspecified atom stereocenters. The Hall–Kier alpha value is -2.15. The van der Waals surface area contributed by atoms with E-state index in [4.69, 9.17) is 4.74 Å². The lowest BCUT2D eigenvalue weighted by atomic mass is 10.3. The molecule has 0 N–H and O–H groups in total. The van der Waals surface area contributed by atoms with Crippen LogP contribution in [0.5, 0.6) is 5.75 Å². The van der Waals surface area contributed by atoms with Gasteiger partial charge in [0.2, 0.25) is 0 Å². The van der Waals surface area contributed by atoms with E-state index in [-0.39, 0.29) is 12.0 Å². The van der Waals surface area contributed by atoms with Gasteiger partial charge < -0.3 is 14.5 Å². The predicted octanol–water partition coefficient (Wildman–Crippen LogP) is 2.99. The van der Waals surface area contributed by atoms with Gasteiger partial charge in [0.05, 0.1) is 17.7 Å². The van der Waals surface area contributed by atoms with Gasteiger partial charge in [-0.3, -0.25) is 4.79 Å². The van der Waals surface area contributed by atoms with Crippen molar-refractivity contribution in [2.45, 2.75) is 38.7 Å². The number of carbonyl (C=O) groups is 1. The van der Waals surface area contributed by atoms with Gasteiger partial charge >= 0.3 is 0 Å². The summed E-state index contributed by atoms with van der Waals surface area (Å²) in [7, 11) is 0. The molecule has 0 aliphatic carbocycles. The molecule has 2 saturated heterocycles. The van der Waals surface area contributed by atoms with Crippen LogP contribution >= 0.6 is 11.3 Å². The molecule has 0 aromatic carbocycles. The lowest BCUT2D eigenvalue weighted by Crippen LogP contribution is -2.31. The SMILES string of the molecule is CCc1ncsc1C(=O)N1CC[C@@H](Oc2cccnc2N2CCCC2)C1. The predicted molar refractivity (Wildman–Crippen MR) is 102 cm³/mol. The number of aryl methyl sites for hydroxylation is 1. The van der Waals surface area contributed by atoms with E-state index in [0.29, 0.717) is 6.54 Å². The fraction of sp³-hybridized carbons (Fsp3) is 0.526. The number of hydrogen-bond donors (Lipinski definition) is 0. The van der Waals surface area contributed by atoms with Crippen molar-refractivity contribution < 1.29 is 9.53 Å². The van der Waals surface area contributed by atoms with Crippen molar-refractivity contribution in [2.24, 2.45) is 0 Å². The zero-order valence-electron chi connectivity index (χ0n) is 15.1.